The monoisotopic (exact) mass is 425 g/mol. The lowest BCUT2D eigenvalue weighted by atomic mass is 10.1. The zero-order valence-electron chi connectivity index (χ0n) is 17.4. The van der Waals surface area contributed by atoms with E-state index in [4.69, 9.17) is 10.5 Å². The van der Waals surface area contributed by atoms with Gasteiger partial charge in [0, 0.05) is 13.0 Å². The molecule has 4 N–H and O–H groups in total. The zero-order valence-corrected chi connectivity index (χ0v) is 18.2. The molecule has 0 rings (SSSR count). The molecule has 0 saturated heterocycles. The number of hydrogen-bond donors (Lipinski definition) is 3. The molecule has 0 radical (unpaired) electrons. The Kier molecular flexibility index (Phi) is 18.2. The van der Waals surface area contributed by atoms with Gasteiger partial charge < -0.3 is 20.5 Å². The third kappa shape index (κ3) is 18.8. The van der Waals surface area contributed by atoms with Crippen molar-refractivity contribution in [3.63, 3.8) is 0 Å². The van der Waals surface area contributed by atoms with E-state index in [1.54, 1.807) is 0 Å². The Morgan fingerprint density at radius 3 is 2.00 bits per heavy atom. The highest BCUT2D eigenvalue weighted by atomic mass is 31.2. The van der Waals surface area contributed by atoms with Crippen LogP contribution < -0.4 is 5.73 Å². The molecule has 0 aliphatic rings. The van der Waals surface area contributed by atoms with E-state index in [-0.39, 0.29) is 25.7 Å². The summed E-state index contributed by atoms with van der Waals surface area (Å²) in [5.41, 5.74) is 5.15. The number of phosphoric ester groups is 1. The number of carbonyl (C=O) groups excluding carboxylic acids is 1. The number of rotatable bonds is 20. The van der Waals surface area contributed by atoms with Crippen LogP contribution in [0.5, 0.6) is 0 Å². The average molecular weight is 426 g/mol. The summed E-state index contributed by atoms with van der Waals surface area (Å²) in [6.07, 6.45) is 12.4. The fourth-order valence-corrected chi connectivity index (χ4v) is 3.40. The second kappa shape index (κ2) is 18.5. The van der Waals surface area contributed by atoms with Gasteiger partial charge in [-0.1, -0.05) is 71.1 Å². The molecule has 0 aliphatic heterocycles. The maximum absolute atomic E-state index is 11.6. The summed E-state index contributed by atoms with van der Waals surface area (Å²) in [6, 6.07) is 0. The van der Waals surface area contributed by atoms with E-state index in [1.165, 1.54) is 51.4 Å². The van der Waals surface area contributed by atoms with Gasteiger partial charge in [0.2, 0.25) is 0 Å². The van der Waals surface area contributed by atoms with Crippen molar-refractivity contribution in [3.05, 3.63) is 0 Å². The van der Waals surface area contributed by atoms with Crippen LogP contribution in [-0.2, 0) is 23.1 Å². The Hall–Kier alpha value is -0.500. The number of unbranched alkanes of at least 4 members (excludes halogenated alkanes) is 10. The van der Waals surface area contributed by atoms with Gasteiger partial charge in [-0.2, -0.15) is 0 Å². The van der Waals surface area contributed by atoms with E-state index in [1.807, 2.05) is 0 Å². The van der Waals surface area contributed by atoms with Gasteiger partial charge in [0.15, 0.2) is 0 Å². The van der Waals surface area contributed by atoms with Crippen LogP contribution in [0.2, 0.25) is 0 Å². The van der Waals surface area contributed by atoms with Crippen LogP contribution in [0.25, 0.3) is 0 Å². The highest BCUT2D eigenvalue weighted by molar-refractivity contribution is 7.47. The first-order chi connectivity index (χ1) is 13.4. The van der Waals surface area contributed by atoms with Gasteiger partial charge in [-0.25, -0.2) is 4.57 Å². The Bertz CT molecular complexity index is 423. The normalized spacial score (nSPS) is 14.6. The van der Waals surface area contributed by atoms with E-state index in [9.17, 15) is 19.4 Å². The Morgan fingerprint density at radius 2 is 1.46 bits per heavy atom. The first-order valence-corrected chi connectivity index (χ1v) is 12.1. The molecule has 2 atom stereocenters. The van der Waals surface area contributed by atoms with Crippen molar-refractivity contribution >= 4 is 13.8 Å². The lowest BCUT2D eigenvalue weighted by Crippen LogP contribution is -2.23. The second-order valence-corrected chi connectivity index (χ2v) is 8.46. The lowest BCUT2D eigenvalue weighted by molar-refractivity contribution is -0.147. The van der Waals surface area contributed by atoms with Crippen LogP contribution in [0, 0.1) is 0 Å². The smallest absolute Gasteiger partial charge is 0.463 e. The number of aliphatic hydroxyl groups excluding tert-OH is 1. The SMILES string of the molecule is CCCCCCCCCCCCCC(=O)OC[C@H](O)COP(=O)(O)OCCN. The molecule has 28 heavy (non-hydrogen) atoms. The van der Waals surface area contributed by atoms with Gasteiger partial charge in [-0.15, -0.1) is 0 Å². The van der Waals surface area contributed by atoms with Crippen LogP contribution in [-0.4, -0.2) is 48.4 Å². The summed E-state index contributed by atoms with van der Waals surface area (Å²) in [5.74, 6) is -0.387. The van der Waals surface area contributed by atoms with Gasteiger partial charge in [0.1, 0.15) is 12.7 Å². The van der Waals surface area contributed by atoms with Crippen molar-refractivity contribution in [3.8, 4) is 0 Å². The molecule has 0 fully saturated rings. The lowest BCUT2D eigenvalue weighted by Gasteiger charge is -2.15. The molecule has 0 spiro atoms. The molecule has 0 saturated carbocycles. The van der Waals surface area contributed by atoms with Crippen LogP contribution in [0.15, 0.2) is 0 Å². The molecule has 9 heteroatoms. The fraction of sp³-hybridized carbons (Fsp3) is 0.947. The molecule has 0 aromatic rings. The summed E-state index contributed by atoms with van der Waals surface area (Å²) in [7, 11) is -4.23. The minimum Gasteiger partial charge on any atom is -0.463 e. The molecule has 0 aliphatic carbocycles. The predicted molar refractivity (Wildman–Crippen MR) is 109 cm³/mol. The third-order valence-electron chi connectivity index (χ3n) is 4.22. The minimum atomic E-state index is -4.23. The van der Waals surface area contributed by atoms with E-state index in [2.05, 4.69) is 16.0 Å². The maximum Gasteiger partial charge on any atom is 0.472 e. The van der Waals surface area contributed by atoms with Crippen molar-refractivity contribution in [2.24, 2.45) is 5.73 Å². The second-order valence-electron chi connectivity index (χ2n) is 7.01. The van der Waals surface area contributed by atoms with Gasteiger partial charge in [0.05, 0.1) is 13.2 Å². The third-order valence-corrected chi connectivity index (χ3v) is 5.21. The minimum absolute atomic E-state index is 0.0765. The summed E-state index contributed by atoms with van der Waals surface area (Å²) in [6.45, 7) is 1.42. The Balaban J connectivity index is 3.51. The van der Waals surface area contributed by atoms with Crippen molar-refractivity contribution in [2.75, 3.05) is 26.4 Å². The molecule has 168 valence electrons. The highest BCUT2D eigenvalue weighted by Crippen LogP contribution is 2.42. The van der Waals surface area contributed by atoms with Crippen LogP contribution in [0.3, 0.4) is 0 Å². The highest BCUT2D eigenvalue weighted by Gasteiger charge is 2.22. The standard InChI is InChI=1S/C19H40NO7P/c1-2-3-4-5-6-7-8-9-10-11-12-13-19(22)25-16-18(21)17-27-28(23,24)26-15-14-20/h18,21H,2-17,20H2,1H3,(H,23,24)/t18-/m0/s1. The topological polar surface area (TPSA) is 128 Å². The largest absolute Gasteiger partial charge is 0.472 e. The molecule has 8 nitrogen and oxygen atoms in total. The number of carbonyl (C=O) groups is 1. The van der Waals surface area contributed by atoms with Gasteiger partial charge >= 0.3 is 13.8 Å². The first kappa shape index (κ1) is 27.5. The number of ether oxygens (including phenoxy) is 1. The molecule has 0 bridgehead atoms. The van der Waals surface area contributed by atoms with Crippen LogP contribution >= 0.6 is 7.82 Å². The summed E-state index contributed by atoms with van der Waals surface area (Å²) < 4.78 is 25.4. The molecule has 1 unspecified atom stereocenters. The van der Waals surface area contributed by atoms with Crippen molar-refractivity contribution in [1.82, 2.24) is 0 Å². The van der Waals surface area contributed by atoms with E-state index >= 15 is 0 Å². The van der Waals surface area contributed by atoms with Gasteiger partial charge in [-0.3, -0.25) is 13.8 Å². The Labute approximate surface area is 169 Å². The van der Waals surface area contributed by atoms with Crippen LogP contribution in [0.1, 0.15) is 84.0 Å². The number of aliphatic hydroxyl groups is 1. The summed E-state index contributed by atoms with van der Waals surface area (Å²) in [5, 5.41) is 9.63. The van der Waals surface area contributed by atoms with Crippen LogP contribution in [0.4, 0.5) is 0 Å². The van der Waals surface area contributed by atoms with Crippen molar-refractivity contribution in [2.45, 2.75) is 90.1 Å². The molecule has 0 aromatic carbocycles. The summed E-state index contributed by atoms with van der Waals surface area (Å²) >= 11 is 0. The fourth-order valence-electron chi connectivity index (χ4n) is 2.63. The average Bonchev–Trinajstić information content (AvgIpc) is 2.67. The number of nitrogens with two attached hydrogens (primary N) is 1. The van der Waals surface area contributed by atoms with E-state index < -0.39 is 20.5 Å². The van der Waals surface area contributed by atoms with Gasteiger partial charge in [-0.05, 0) is 6.42 Å². The molecule has 0 aromatic heterocycles. The zero-order chi connectivity index (χ0) is 21.1. The van der Waals surface area contributed by atoms with E-state index in [0.29, 0.717) is 6.42 Å². The quantitative estimate of drug-likeness (QED) is 0.153. The molecular formula is C19H40NO7P. The number of hydrogen-bond acceptors (Lipinski definition) is 7. The van der Waals surface area contributed by atoms with Crippen molar-refractivity contribution in [1.29, 1.82) is 0 Å². The van der Waals surface area contributed by atoms with Gasteiger partial charge in [0.25, 0.3) is 0 Å². The predicted octanol–water partition coefficient (Wildman–Crippen LogP) is 3.68. The summed E-state index contributed by atoms with van der Waals surface area (Å²) in [4.78, 5) is 20.9. The van der Waals surface area contributed by atoms with E-state index in [0.717, 1.165) is 19.3 Å². The number of phosphoric acid groups is 1. The molecular weight excluding hydrogens is 385 g/mol. The molecule has 0 heterocycles. The number of esters is 1. The first-order valence-electron chi connectivity index (χ1n) is 10.6. The molecule has 0 amide bonds. The van der Waals surface area contributed by atoms with Crippen molar-refractivity contribution < 1.29 is 33.1 Å². The Morgan fingerprint density at radius 1 is 0.929 bits per heavy atom. The maximum atomic E-state index is 11.6.